The molecule has 13 heteroatoms. The van der Waals surface area contributed by atoms with Crippen LogP contribution in [0.25, 0.3) is 33.8 Å². The number of rotatable bonds is 7. The monoisotopic (exact) mass is 560 g/mol. The van der Waals surface area contributed by atoms with Crippen LogP contribution >= 0.6 is 0 Å². The Balaban J connectivity index is 1.35. The van der Waals surface area contributed by atoms with Gasteiger partial charge in [0, 0.05) is 38.0 Å². The van der Waals surface area contributed by atoms with Crippen LogP contribution in [0.15, 0.2) is 43.0 Å². The molecule has 1 aromatic carbocycles. The number of halogens is 3. The van der Waals surface area contributed by atoms with Gasteiger partial charge in [-0.1, -0.05) is 24.3 Å². The van der Waals surface area contributed by atoms with Crippen molar-refractivity contribution >= 4 is 11.0 Å². The van der Waals surface area contributed by atoms with E-state index in [9.17, 15) is 18.4 Å². The van der Waals surface area contributed by atoms with Gasteiger partial charge in [-0.05, 0) is 18.4 Å². The molecule has 1 saturated carbocycles. The van der Waals surface area contributed by atoms with Crippen molar-refractivity contribution in [2.45, 2.75) is 31.5 Å². The van der Waals surface area contributed by atoms with Crippen LogP contribution < -0.4 is 9.47 Å². The van der Waals surface area contributed by atoms with Gasteiger partial charge < -0.3 is 18.6 Å². The Labute approximate surface area is 232 Å². The summed E-state index contributed by atoms with van der Waals surface area (Å²) in [7, 11) is 4.82. The minimum absolute atomic E-state index is 0.0812. The molecule has 0 saturated heterocycles. The predicted molar refractivity (Wildman–Crippen MR) is 141 cm³/mol. The third-order valence-electron chi connectivity index (χ3n) is 6.88. The van der Waals surface area contributed by atoms with Crippen LogP contribution in [0.5, 0.6) is 11.8 Å². The number of fused-ring (bicyclic) bond motifs is 1. The first-order valence-electron chi connectivity index (χ1n) is 12.7. The number of ether oxygens (including phenoxy) is 2. The summed E-state index contributed by atoms with van der Waals surface area (Å²) < 4.78 is 54.0. The molecule has 0 spiro atoms. The molecule has 208 valence electrons. The first kappa shape index (κ1) is 26.2. The number of methoxy groups -OCH3 is 1. The second-order valence-electron chi connectivity index (χ2n) is 9.78. The van der Waals surface area contributed by atoms with E-state index < -0.39 is 11.9 Å². The maximum atomic E-state index is 13.1. The Morgan fingerprint density at radius 1 is 1.00 bits per heavy atom. The van der Waals surface area contributed by atoms with Crippen LogP contribution in [0.2, 0.25) is 0 Å². The normalized spacial score (nSPS) is 13.4. The van der Waals surface area contributed by atoms with Gasteiger partial charge in [0.1, 0.15) is 36.0 Å². The molecule has 4 heterocycles. The maximum absolute atomic E-state index is 13.1. The maximum Gasteiger partial charge on any atom is 0.434 e. The van der Waals surface area contributed by atoms with E-state index in [1.54, 1.807) is 42.1 Å². The topological polar surface area (TPSA) is 117 Å². The highest BCUT2D eigenvalue weighted by Gasteiger charge is 2.35. The van der Waals surface area contributed by atoms with Gasteiger partial charge in [-0.2, -0.15) is 23.4 Å². The average molecular weight is 561 g/mol. The molecule has 1 aliphatic carbocycles. The molecule has 41 heavy (non-hydrogen) atoms. The number of benzene rings is 1. The summed E-state index contributed by atoms with van der Waals surface area (Å²) in [5.41, 5.74) is 2.55. The van der Waals surface area contributed by atoms with Crippen molar-refractivity contribution in [1.82, 2.24) is 34.1 Å². The fraction of sp³-hybridized carbons (Fsp3) is 0.286. The summed E-state index contributed by atoms with van der Waals surface area (Å²) in [6, 6.07) is 9.02. The number of nitrogens with zero attached hydrogens (tertiary/aromatic N) is 8. The van der Waals surface area contributed by atoms with Crippen molar-refractivity contribution in [3.63, 3.8) is 0 Å². The number of imidazole rings is 1. The van der Waals surface area contributed by atoms with Gasteiger partial charge in [0.15, 0.2) is 11.5 Å². The first-order valence-corrected chi connectivity index (χ1v) is 12.7. The molecule has 0 amide bonds. The lowest BCUT2D eigenvalue weighted by Gasteiger charge is -2.13. The van der Waals surface area contributed by atoms with Gasteiger partial charge in [0.2, 0.25) is 11.8 Å². The van der Waals surface area contributed by atoms with Crippen molar-refractivity contribution < 1.29 is 22.6 Å². The number of hydrogen-bond acceptors (Lipinski definition) is 8. The Morgan fingerprint density at radius 2 is 1.76 bits per heavy atom. The standard InChI is InChI=1S/C28H23F3N8O2/c1-38-11-18(10-32)20-25(38)36-23(21-22(16-8-9-16)33-14-34-26(21)40-3)37-27(20)41-13-15-4-6-17(7-5-15)24-35-19(12-39(24)2)28(29,30)31/h4-7,11-12,14,16H,8-9,13H2,1-3H3. The van der Waals surface area contributed by atoms with E-state index in [1.165, 1.54) is 25.1 Å². The van der Waals surface area contributed by atoms with Crippen molar-refractivity contribution in [2.24, 2.45) is 14.1 Å². The number of nitriles is 1. The molecule has 0 radical (unpaired) electrons. The lowest BCUT2D eigenvalue weighted by molar-refractivity contribution is -0.140. The zero-order chi connectivity index (χ0) is 28.9. The van der Waals surface area contributed by atoms with Gasteiger partial charge in [-0.3, -0.25) is 0 Å². The van der Waals surface area contributed by atoms with Crippen molar-refractivity contribution in [3.05, 3.63) is 65.5 Å². The van der Waals surface area contributed by atoms with Gasteiger partial charge in [-0.15, -0.1) is 0 Å². The van der Waals surface area contributed by atoms with Crippen LogP contribution in [-0.2, 0) is 26.9 Å². The van der Waals surface area contributed by atoms with E-state index in [2.05, 4.69) is 21.0 Å². The number of hydrogen-bond donors (Lipinski definition) is 0. The number of alkyl halides is 3. The van der Waals surface area contributed by atoms with Crippen molar-refractivity contribution in [2.75, 3.05) is 7.11 Å². The Hall–Kier alpha value is -4.99. The molecule has 6 rings (SSSR count). The highest BCUT2D eigenvalue weighted by molar-refractivity contribution is 5.89. The van der Waals surface area contributed by atoms with Gasteiger partial charge in [0.25, 0.3) is 0 Å². The molecule has 0 aliphatic heterocycles. The molecule has 1 aliphatic rings. The van der Waals surface area contributed by atoms with E-state index in [4.69, 9.17) is 19.4 Å². The third-order valence-corrected chi connectivity index (χ3v) is 6.88. The fourth-order valence-corrected chi connectivity index (χ4v) is 4.73. The van der Waals surface area contributed by atoms with Crippen molar-refractivity contribution in [1.29, 1.82) is 5.26 Å². The molecule has 10 nitrogen and oxygen atoms in total. The van der Waals surface area contributed by atoms with Crippen LogP contribution in [0.3, 0.4) is 0 Å². The summed E-state index contributed by atoms with van der Waals surface area (Å²) in [5, 5.41) is 10.2. The highest BCUT2D eigenvalue weighted by atomic mass is 19.4. The van der Waals surface area contributed by atoms with Crippen LogP contribution in [-0.4, -0.2) is 41.2 Å². The van der Waals surface area contributed by atoms with Gasteiger partial charge in [-0.25, -0.2) is 19.9 Å². The predicted octanol–water partition coefficient (Wildman–Crippen LogP) is 5.18. The van der Waals surface area contributed by atoms with E-state index in [0.717, 1.165) is 30.3 Å². The second-order valence-corrected chi connectivity index (χ2v) is 9.78. The molecule has 0 bridgehead atoms. The van der Waals surface area contributed by atoms with Crippen LogP contribution in [0.1, 0.15) is 41.3 Å². The van der Waals surface area contributed by atoms with E-state index in [-0.39, 0.29) is 24.2 Å². The molecule has 0 unspecified atom stereocenters. The summed E-state index contributed by atoms with van der Waals surface area (Å²) in [5.74, 6) is 1.33. The van der Waals surface area contributed by atoms with Gasteiger partial charge >= 0.3 is 6.18 Å². The summed E-state index contributed by atoms with van der Waals surface area (Å²) in [4.78, 5) is 22.0. The molecule has 4 aromatic heterocycles. The lowest BCUT2D eigenvalue weighted by atomic mass is 10.1. The molecular weight excluding hydrogens is 537 g/mol. The van der Waals surface area contributed by atoms with Crippen LogP contribution in [0, 0.1) is 11.3 Å². The first-order chi connectivity index (χ1) is 19.7. The van der Waals surface area contributed by atoms with Gasteiger partial charge in [0.05, 0.1) is 23.8 Å². The average Bonchev–Trinajstić information content (AvgIpc) is 3.66. The SMILES string of the molecule is COc1ncnc(C2CC2)c1-c1nc(OCc2ccc(-c3nc(C(F)(F)F)cn3C)cc2)c2c(C#N)cn(C)c2n1. The van der Waals surface area contributed by atoms with Crippen molar-refractivity contribution in [3.8, 4) is 40.6 Å². The molecule has 0 N–H and O–H groups in total. The summed E-state index contributed by atoms with van der Waals surface area (Å²) >= 11 is 0. The summed E-state index contributed by atoms with van der Waals surface area (Å²) in [6.07, 6.45) is 1.54. The quantitative estimate of drug-likeness (QED) is 0.267. The van der Waals surface area contributed by atoms with E-state index in [1.807, 2.05) is 0 Å². The third kappa shape index (κ3) is 4.82. The second kappa shape index (κ2) is 9.88. The Bertz CT molecular complexity index is 1820. The zero-order valence-corrected chi connectivity index (χ0v) is 22.3. The Kier molecular flexibility index (Phi) is 6.33. The zero-order valence-electron chi connectivity index (χ0n) is 22.3. The van der Waals surface area contributed by atoms with E-state index >= 15 is 0 Å². The van der Waals surface area contributed by atoms with E-state index in [0.29, 0.717) is 39.4 Å². The molecule has 1 fully saturated rings. The lowest BCUT2D eigenvalue weighted by Crippen LogP contribution is -2.05. The minimum Gasteiger partial charge on any atom is -0.480 e. The Morgan fingerprint density at radius 3 is 2.39 bits per heavy atom. The molecule has 0 atom stereocenters. The van der Waals surface area contributed by atoms with Crippen LogP contribution in [0.4, 0.5) is 13.2 Å². The fourth-order valence-electron chi connectivity index (χ4n) is 4.73. The minimum atomic E-state index is -4.53. The molecular formula is C28H23F3N8O2. The molecule has 5 aromatic rings. The highest BCUT2D eigenvalue weighted by Crippen LogP contribution is 2.45. The number of aryl methyl sites for hydroxylation is 2. The number of aromatic nitrogens is 7. The largest absolute Gasteiger partial charge is 0.480 e. The summed E-state index contributed by atoms with van der Waals surface area (Å²) in [6.45, 7) is 0.0812. The smallest absolute Gasteiger partial charge is 0.434 e.